The van der Waals surface area contributed by atoms with Crippen LogP contribution in [0.5, 0.6) is 11.5 Å². The molecule has 0 bridgehead atoms. The summed E-state index contributed by atoms with van der Waals surface area (Å²) in [7, 11) is -8.40. The second kappa shape index (κ2) is 27.5. The summed E-state index contributed by atoms with van der Waals surface area (Å²) in [4.78, 5) is 20.9. The molecular formula is C33H34Cl2CoN5O11. The van der Waals surface area contributed by atoms with Gasteiger partial charge in [0.15, 0.2) is 0 Å². The van der Waals surface area contributed by atoms with Gasteiger partial charge in [0, 0.05) is 50.8 Å². The number of hydrogen-bond acceptors (Lipinski definition) is 16. The fourth-order valence-corrected chi connectivity index (χ4v) is 3.42. The molecule has 0 aliphatic rings. The van der Waals surface area contributed by atoms with Gasteiger partial charge in [-0.15, -0.1) is 20.5 Å². The molecule has 52 heavy (non-hydrogen) atoms. The topological polar surface area (TPSA) is 290 Å². The molecule has 0 fully saturated rings. The van der Waals surface area contributed by atoms with Crippen LogP contribution < -0.4 is 47.1 Å². The SMILES string of the molecule is CCOCCCN=Cc1cccc(OC)c1[O-].[Co+3].[O-][Cl+3]([O-])([O-])[O-].[O-][Cl+3]([O-])([O-])[O-].c1ccc(-c2ccccn2)nc1.c1ccc(-c2ccccn2)nc1. The summed E-state index contributed by atoms with van der Waals surface area (Å²) in [5, 5.41) is 11.7. The molecule has 5 aromatic rings. The molecule has 0 aliphatic carbocycles. The van der Waals surface area contributed by atoms with E-state index in [2.05, 4.69) is 24.9 Å². The van der Waals surface area contributed by atoms with E-state index < -0.39 is 20.5 Å². The van der Waals surface area contributed by atoms with Crippen molar-refractivity contribution in [2.75, 3.05) is 26.9 Å². The van der Waals surface area contributed by atoms with Gasteiger partial charge >= 0.3 is 16.8 Å². The minimum absolute atomic E-state index is 0. The second-order valence-electron chi connectivity index (χ2n) is 9.08. The number of methoxy groups -OCH3 is 1. The summed E-state index contributed by atoms with van der Waals surface area (Å²) < 4.78 is 78.1. The molecule has 1 aromatic carbocycles. The van der Waals surface area contributed by atoms with Gasteiger partial charge in [-0.2, -0.15) is 0 Å². The van der Waals surface area contributed by atoms with E-state index in [0.717, 1.165) is 35.8 Å². The number of para-hydroxylation sites is 1. The van der Waals surface area contributed by atoms with Gasteiger partial charge in [0.1, 0.15) is 5.75 Å². The molecule has 0 amide bonds. The molecule has 0 saturated carbocycles. The minimum atomic E-state index is -4.94. The van der Waals surface area contributed by atoms with Crippen molar-refractivity contribution in [3.63, 3.8) is 0 Å². The third kappa shape index (κ3) is 25.7. The Morgan fingerprint density at radius 3 is 1.31 bits per heavy atom. The maximum atomic E-state index is 11.7. The maximum absolute atomic E-state index is 11.7. The summed E-state index contributed by atoms with van der Waals surface area (Å²) in [6.07, 6.45) is 9.53. The zero-order chi connectivity index (χ0) is 38.0. The molecule has 0 N–H and O–H groups in total. The van der Waals surface area contributed by atoms with Gasteiger partial charge in [-0.05, 0) is 73.5 Å². The first-order valence-electron chi connectivity index (χ1n) is 14.5. The molecule has 0 unspecified atom stereocenters. The van der Waals surface area contributed by atoms with E-state index >= 15 is 0 Å². The summed E-state index contributed by atoms with van der Waals surface area (Å²) >= 11 is 0. The molecule has 0 spiro atoms. The molecule has 0 atom stereocenters. The predicted octanol–water partition coefficient (Wildman–Crippen LogP) is -3.61. The standard InChI is InChI=1S/C13H19NO3.2C10H8N2.2ClHO4.Co/c1-3-17-9-5-8-14-10-11-6-4-7-12(16-2)13(11)15;2*1-3-7-11-9(5-1)10-6-2-4-8-12-10;2*2-1(3,4)5;/h4,6-7,10,15H,3,5,8-9H2,1-2H3;2*1-8H;2*(H,2,3,4,5);/q;;;;;+3/p-3. The van der Waals surface area contributed by atoms with Gasteiger partial charge in [-0.1, -0.05) is 42.1 Å². The van der Waals surface area contributed by atoms with Crippen LogP contribution in [-0.2, 0) is 21.5 Å². The quantitative estimate of drug-likeness (QED) is 0.103. The number of halogens is 2. The molecule has 19 heteroatoms. The van der Waals surface area contributed by atoms with Gasteiger partial charge in [0.05, 0.1) is 29.9 Å². The predicted molar refractivity (Wildman–Crippen MR) is 161 cm³/mol. The van der Waals surface area contributed by atoms with Crippen LogP contribution in [-0.4, -0.2) is 53.0 Å². The largest absolute Gasteiger partial charge is 3.00 e. The first-order valence-corrected chi connectivity index (χ1v) is 17.0. The molecule has 0 aliphatic heterocycles. The van der Waals surface area contributed by atoms with E-state index in [1.54, 1.807) is 49.2 Å². The Hall–Kier alpha value is -4.18. The first kappa shape index (κ1) is 47.8. The molecule has 280 valence electrons. The van der Waals surface area contributed by atoms with E-state index in [9.17, 15) is 5.11 Å². The van der Waals surface area contributed by atoms with Gasteiger partial charge < -0.3 is 14.6 Å². The number of rotatable bonds is 9. The van der Waals surface area contributed by atoms with E-state index in [-0.39, 0.29) is 22.5 Å². The first-order chi connectivity index (χ1) is 24.2. The van der Waals surface area contributed by atoms with Crippen LogP contribution in [0.4, 0.5) is 0 Å². The van der Waals surface area contributed by atoms with E-state index in [1.165, 1.54) is 7.11 Å². The summed E-state index contributed by atoms with van der Waals surface area (Å²) in [5.74, 6) is 0.229. The molecule has 0 saturated heterocycles. The third-order valence-electron chi connectivity index (χ3n) is 5.42. The van der Waals surface area contributed by atoms with Crippen LogP contribution in [0.15, 0.2) is 121 Å². The van der Waals surface area contributed by atoms with E-state index in [0.29, 0.717) is 24.5 Å². The molecule has 4 aromatic heterocycles. The van der Waals surface area contributed by atoms with Crippen molar-refractivity contribution in [3.05, 3.63) is 121 Å². The summed E-state index contributed by atoms with van der Waals surface area (Å²) in [6, 6.07) is 28.3. The number of nitrogens with zero attached hydrogens (tertiary/aromatic N) is 5. The van der Waals surface area contributed by atoms with Crippen molar-refractivity contribution in [3.8, 4) is 34.3 Å². The fourth-order valence-electron chi connectivity index (χ4n) is 3.42. The zero-order valence-corrected chi connectivity index (χ0v) is 30.2. The smallest absolute Gasteiger partial charge is 0.870 e. The second-order valence-corrected chi connectivity index (χ2v) is 10.6. The van der Waals surface area contributed by atoms with E-state index in [4.69, 9.17) is 46.7 Å². The van der Waals surface area contributed by atoms with Crippen molar-refractivity contribution in [1.29, 1.82) is 0 Å². The normalized spacial score (nSPS) is 10.3. The number of aliphatic imine (C=N–C) groups is 1. The number of pyridine rings is 4. The minimum Gasteiger partial charge on any atom is -0.870 e. The van der Waals surface area contributed by atoms with Gasteiger partial charge in [0.2, 0.25) is 0 Å². The van der Waals surface area contributed by atoms with E-state index in [1.807, 2.05) is 79.7 Å². The van der Waals surface area contributed by atoms with Crippen LogP contribution in [0.25, 0.3) is 22.8 Å². The zero-order valence-electron chi connectivity index (χ0n) is 27.7. The van der Waals surface area contributed by atoms with Crippen molar-refractivity contribution in [1.82, 2.24) is 19.9 Å². The van der Waals surface area contributed by atoms with Crippen molar-refractivity contribution in [2.24, 2.45) is 4.99 Å². The van der Waals surface area contributed by atoms with Crippen LogP contribution in [0.3, 0.4) is 0 Å². The Morgan fingerprint density at radius 2 is 1.00 bits per heavy atom. The molecule has 5 rings (SSSR count). The summed E-state index contributed by atoms with van der Waals surface area (Å²) in [6.45, 7) is 4.06. The number of benzene rings is 1. The number of hydrogen-bond donors (Lipinski definition) is 0. The fraction of sp³-hybridized carbons (Fsp3) is 0.182. The Morgan fingerprint density at radius 1 is 0.615 bits per heavy atom. The molecule has 16 nitrogen and oxygen atoms in total. The Bertz CT molecular complexity index is 1450. The Kier molecular flexibility index (Phi) is 25.3. The average Bonchev–Trinajstić information content (AvgIpc) is 3.11. The Balaban J connectivity index is 0.000000666. The molecule has 4 heterocycles. The number of aromatic nitrogens is 4. The number of ether oxygens (including phenoxy) is 2. The van der Waals surface area contributed by atoms with Crippen molar-refractivity contribution >= 4 is 6.21 Å². The van der Waals surface area contributed by atoms with Gasteiger partial charge in [-0.25, -0.2) is 37.3 Å². The third-order valence-corrected chi connectivity index (χ3v) is 5.42. The molecular weight excluding hydrogens is 772 g/mol. The monoisotopic (exact) mass is 805 g/mol. The van der Waals surface area contributed by atoms with Crippen LogP contribution in [0.2, 0.25) is 0 Å². The van der Waals surface area contributed by atoms with Gasteiger partial charge in [0.25, 0.3) is 0 Å². The van der Waals surface area contributed by atoms with Crippen molar-refractivity contribution < 1.29 is 89.1 Å². The van der Waals surface area contributed by atoms with Crippen LogP contribution >= 0.6 is 0 Å². The maximum Gasteiger partial charge on any atom is 3.00 e. The van der Waals surface area contributed by atoms with Crippen LogP contribution in [0, 0.1) is 20.5 Å². The average molecular weight is 806 g/mol. The van der Waals surface area contributed by atoms with Gasteiger partial charge in [-0.3, -0.25) is 24.9 Å². The summed E-state index contributed by atoms with van der Waals surface area (Å²) in [5.41, 5.74) is 4.22. The Labute approximate surface area is 315 Å². The van der Waals surface area contributed by atoms with Crippen LogP contribution in [0.1, 0.15) is 18.9 Å². The molecule has 0 radical (unpaired) electrons. The van der Waals surface area contributed by atoms with Crippen molar-refractivity contribution in [2.45, 2.75) is 13.3 Å².